The standard InChI is InChI=1S/C16H19N3O2/c1-2-9-18-10-11-19(16(18)20)12-13-21-15-5-3-14(4-6-15)7-8-17/h3-6,10-11H,2,7,9,12-13H2,1H3. The Kier molecular flexibility index (Phi) is 5.22. The average Bonchev–Trinajstić information content (AvgIpc) is 2.83. The summed E-state index contributed by atoms with van der Waals surface area (Å²) in [5.74, 6) is 0.748. The first-order chi connectivity index (χ1) is 10.2. The summed E-state index contributed by atoms with van der Waals surface area (Å²) in [6, 6.07) is 9.55. The van der Waals surface area contributed by atoms with Crippen LogP contribution in [0.1, 0.15) is 18.9 Å². The van der Waals surface area contributed by atoms with Gasteiger partial charge in [0.05, 0.1) is 19.0 Å². The fourth-order valence-electron chi connectivity index (χ4n) is 2.09. The van der Waals surface area contributed by atoms with Crippen LogP contribution in [-0.2, 0) is 19.5 Å². The molecule has 0 spiro atoms. The van der Waals surface area contributed by atoms with Gasteiger partial charge >= 0.3 is 5.69 Å². The molecule has 1 aromatic heterocycles. The van der Waals surface area contributed by atoms with E-state index in [-0.39, 0.29) is 5.69 Å². The molecule has 110 valence electrons. The van der Waals surface area contributed by atoms with Crippen LogP contribution in [0.5, 0.6) is 5.75 Å². The second kappa shape index (κ2) is 7.34. The van der Waals surface area contributed by atoms with Gasteiger partial charge in [0.25, 0.3) is 0 Å². The van der Waals surface area contributed by atoms with Crippen LogP contribution in [0.4, 0.5) is 0 Å². The molecule has 0 aliphatic rings. The quantitative estimate of drug-likeness (QED) is 0.783. The molecular formula is C16H19N3O2. The number of rotatable bonds is 7. The summed E-state index contributed by atoms with van der Waals surface area (Å²) in [6.45, 7) is 3.75. The van der Waals surface area contributed by atoms with E-state index < -0.39 is 0 Å². The van der Waals surface area contributed by atoms with Gasteiger partial charge in [-0.2, -0.15) is 5.26 Å². The third kappa shape index (κ3) is 3.99. The van der Waals surface area contributed by atoms with Gasteiger partial charge in [0.15, 0.2) is 0 Å². The van der Waals surface area contributed by atoms with Crippen molar-refractivity contribution in [2.75, 3.05) is 6.61 Å². The number of nitrogens with zero attached hydrogens (tertiary/aromatic N) is 3. The minimum atomic E-state index is 0.00446. The average molecular weight is 285 g/mol. The van der Waals surface area contributed by atoms with Crippen molar-refractivity contribution in [3.8, 4) is 11.8 Å². The zero-order valence-corrected chi connectivity index (χ0v) is 12.2. The maximum Gasteiger partial charge on any atom is 0.328 e. The molecule has 1 aromatic carbocycles. The smallest absolute Gasteiger partial charge is 0.328 e. The Hall–Kier alpha value is -2.48. The van der Waals surface area contributed by atoms with Crippen LogP contribution in [-0.4, -0.2) is 15.7 Å². The van der Waals surface area contributed by atoms with Crippen molar-refractivity contribution in [3.05, 3.63) is 52.7 Å². The van der Waals surface area contributed by atoms with Gasteiger partial charge in [-0.05, 0) is 24.1 Å². The van der Waals surface area contributed by atoms with E-state index in [1.165, 1.54) is 0 Å². The van der Waals surface area contributed by atoms with E-state index in [9.17, 15) is 4.79 Å². The molecule has 0 fully saturated rings. The Morgan fingerprint density at radius 2 is 1.81 bits per heavy atom. The predicted molar refractivity (Wildman–Crippen MR) is 80.2 cm³/mol. The highest BCUT2D eigenvalue weighted by Gasteiger charge is 2.02. The van der Waals surface area contributed by atoms with E-state index >= 15 is 0 Å². The first kappa shape index (κ1) is 14.9. The third-order valence-electron chi connectivity index (χ3n) is 3.19. The van der Waals surface area contributed by atoms with Crippen molar-refractivity contribution in [1.29, 1.82) is 5.26 Å². The molecule has 5 nitrogen and oxygen atoms in total. The van der Waals surface area contributed by atoms with Crippen LogP contribution in [0.2, 0.25) is 0 Å². The van der Waals surface area contributed by atoms with E-state index in [4.69, 9.17) is 10.00 Å². The molecule has 2 aromatic rings. The second-order valence-corrected chi connectivity index (χ2v) is 4.79. The van der Waals surface area contributed by atoms with Gasteiger partial charge in [-0.15, -0.1) is 0 Å². The third-order valence-corrected chi connectivity index (χ3v) is 3.19. The van der Waals surface area contributed by atoms with E-state index in [2.05, 4.69) is 6.07 Å². The van der Waals surface area contributed by atoms with Crippen molar-refractivity contribution in [2.24, 2.45) is 0 Å². The van der Waals surface area contributed by atoms with Gasteiger partial charge in [0.2, 0.25) is 0 Å². The molecule has 0 radical (unpaired) electrons. The minimum absolute atomic E-state index is 0.00446. The molecular weight excluding hydrogens is 266 g/mol. The largest absolute Gasteiger partial charge is 0.492 e. The van der Waals surface area contributed by atoms with Crippen molar-refractivity contribution in [2.45, 2.75) is 32.9 Å². The van der Waals surface area contributed by atoms with Crippen LogP contribution in [0.3, 0.4) is 0 Å². The van der Waals surface area contributed by atoms with Gasteiger partial charge < -0.3 is 4.74 Å². The summed E-state index contributed by atoms with van der Waals surface area (Å²) in [5, 5.41) is 8.61. The van der Waals surface area contributed by atoms with E-state index in [1.54, 1.807) is 15.3 Å². The molecule has 0 N–H and O–H groups in total. The lowest BCUT2D eigenvalue weighted by Gasteiger charge is -2.07. The second-order valence-electron chi connectivity index (χ2n) is 4.79. The van der Waals surface area contributed by atoms with Gasteiger partial charge in [-0.25, -0.2) is 4.79 Å². The highest BCUT2D eigenvalue weighted by atomic mass is 16.5. The number of aryl methyl sites for hydroxylation is 1. The molecule has 0 saturated carbocycles. The Balaban J connectivity index is 1.87. The number of hydrogen-bond acceptors (Lipinski definition) is 3. The SMILES string of the molecule is CCCn1ccn(CCOc2ccc(CC#N)cc2)c1=O. The van der Waals surface area contributed by atoms with Crippen molar-refractivity contribution < 1.29 is 4.74 Å². The van der Waals surface area contributed by atoms with Gasteiger partial charge in [0, 0.05) is 18.9 Å². The van der Waals surface area contributed by atoms with Gasteiger partial charge in [0.1, 0.15) is 12.4 Å². The lowest BCUT2D eigenvalue weighted by atomic mass is 10.2. The summed E-state index contributed by atoms with van der Waals surface area (Å²) >= 11 is 0. The predicted octanol–water partition coefficient (Wildman–Crippen LogP) is 2.20. The summed E-state index contributed by atoms with van der Waals surface area (Å²) in [5.41, 5.74) is 0.975. The summed E-state index contributed by atoms with van der Waals surface area (Å²) < 4.78 is 8.97. The molecule has 1 heterocycles. The first-order valence-corrected chi connectivity index (χ1v) is 7.09. The monoisotopic (exact) mass is 285 g/mol. The number of imidazole rings is 1. The number of hydrogen-bond donors (Lipinski definition) is 0. The highest BCUT2D eigenvalue weighted by Crippen LogP contribution is 2.12. The van der Waals surface area contributed by atoms with Crippen molar-refractivity contribution >= 4 is 0 Å². The molecule has 0 aliphatic heterocycles. The van der Waals surface area contributed by atoms with Crippen LogP contribution in [0.15, 0.2) is 41.5 Å². The Morgan fingerprint density at radius 1 is 1.14 bits per heavy atom. The first-order valence-electron chi connectivity index (χ1n) is 7.09. The summed E-state index contributed by atoms with van der Waals surface area (Å²) in [6.07, 6.45) is 4.94. The molecule has 0 atom stereocenters. The van der Waals surface area contributed by atoms with Gasteiger partial charge in [-0.3, -0.25) is 9.13 Å². The Labute approximate surface area is 124 Å². The summed E-state index contributed by atoms with van der Waals surface area (Å²) in [4.78, 5) is 12.0. The molecule has 0 aliphatic carbocycles. The van der Waals surface area contributed by atoms with Crippen molar-refractivity contribution in [3.63, 3.8) is 0 Å². The molecule has 0 saturated heterocycles. The fraction of sp³-hybridized carbons (Fsp3) is 0.375. The molecule has 0 bridgehead atoms. The molecule has 0 amide bonds. The van der Waals surface area contributed by atoms with E-state index in [0.717, 1.165) is 24.3 Å². The lowest BCUT2D eigenvalue weighted by Crippen LogP contribution is -2.25. The van der Waals surface area contributed by atoms with Crippen LogP contribution >= 0.6 is 0 Å². The van der Waals surface area contributed by atoms with E-state index in [1.807, 2.05) is 37.4 Å². The summed E-state index contributed by atoms with van der Waals surface area (Å²) in [7, 11) is 0. The lowest BCUT2D eigenvalue weighted by molar-refractivity contribution is 0.295. The minimum Gasteiger partial charge on any atom is -0.492 e. The van der Waals surface area contributed by atoms with Gasteiger partial charge in [-0.1, -0.05) is 19.1 Å². The zero-order chi connectivity index (χ0) is 15.1. The topological polar surface area (TPSA) is 59.9 Å². The number of ether oxygens (including phenoxy) is 1. The fourth-order valence-corrected chi connectivity index (χ4v) is 2.09. The maximum atomic E-state index is 12.0. The number of nitriles is 1. The van der Waals surface area contributed by atoms with E-state index in [0.29, 0.717) is 19.6 Å². The Morgan fingerprint density at radius 3 is 2.43 bits per heavy atom. The van der Waals surface area contributed by atoms with Crippen molar-refractivity contribution in [1.82, 2.24) is 9.13 Å². The van der Waals surface area contributed by atoms with Crippen LogP contribution in [0.25, 0.3) is 0 Å². The Bertz CT molecular complexity index is 662. The zero-order valence-electron chi connectivity index (χ0n) is 12.2. The van der Waals surface area contributed by atoms with Crippen LogP contribution in [0, 0.1) is 11.3 Å². The molecule has 5 heteroatoms. The van der Waals surface area contributed by atoms with Crippen LogP contribution < -0.4 is 10.4 Å². The highest BCUT2D eigenvalue weighted by molar-refractivity contribution is 5.28. The number of benzene rings is 1. The molecule has 2 rings (SSSR count). The molecule has 0 unspecified atom stereocenters. The maximum absolute atomic E-state index is 12.0. The molecule has 21 heavy (non-hydrogen) atoms. The normalized spacial score (nSPS) is 10.3. The number of aromatic nitrogens is 2.